The van der Waals surface area contributed by atoms with Crippen LogP contribution in [-0.4, -0.2) is 32.0 Å². The van der Waals surface area contributed by atoms with Gasteiger partial charge in [0.25, 0.3) is 5.91 Å². The molecular weight excluding hydrogens is 405 g/mol. The van der Waals surface area contributed by atoms with Crippen LogP contribution in [0.15, 0.2) is 40.6 Å². The van der Waals surface area contributed by atoms with Crippen LogP contribution < -0.4 is 14.8 Å². The Labute approximate surface area is 172 Å². The molecule has 1 unspecified atom stereocenters. The van der Waals surface area contributed by atoms with Crippen LogP contribution in [0.25, 0.3) is 0 Å². The molecule has 0 radical (unpaired) electrons. The Bertz CT molecular complexity index is 906. The number of methoxy groups -OCH3 is 2. The molecule has 0 aliphatic rings. The smallest absolute Gasteiger partial charge is 0.258 e. The largest absolute Gasteiger partial charge is 0.495 e. The quantitative estimate of drug-likeness (QED) is 0.501. The fraction of sp³-hybridized carbons (Fsp3) is 0.263. The molecule has 1 amide bonds. The predicted molar refractivity (Wildman–Crippen MR) is 108 cm³/mol. The number of anilines is 1. The molecule has 0 saturated carbocycles. The monoisotopic (exact) mass is 423 g/mol. The summed E-state index contributed by atoms with van der Waals surface area (Å²) < 4.78 is 10.3. The highest BCUT2D eigenvalue weighted by Crippen LogP contribution is 2.37. The van der Waals surface area contributed by atoms with E-state index >= 15 is 0 Å². The minimum atomic E-state index is -1.33. The van der Waals surface area contributed by atoms with Crippen LogP contribution in [0.4, 0.5) is 11.4 Å². The van der Waals surface area contributed by atoms with E-state index in [1.807, 2.05) is 6.92 Å². The number of ether oxygens (including phenoxy) is 2. The number of ketones is 1. The number of rotatable bonds is 7. The van der Waals surface area contributed by atoms with Gasteiger partial charge in [-0.15, -0.1) is 0 Å². The molecule has 28 heavy (non-hydrogen) atoms. The molecule has 0 aromatic heterocycles. The first kappa shape index (κ1) is 21.7. The Morgan fingerprint density at radius 1 is 1.07 bits per heavy atom. The molecule has 148 valence electrons. The molecule has 0 heterocycles. The first-order valence-electron chi connectivity index (χ1n) is 8.16. The van der Waals surface area contributed by atoms with Crippen molar-refractivity contribution in [3.05, 3.63) is 45.9 Å². The van der Waals surface area contributed by atoms with Crippen molar-refractivity contribution in [3.63, 3.8) is 0 Å². The van der Waals surface area contributed by atoms with Gasteiger partial charge in [0.2, 0.25) is 6.04 Å². The van der Waals surface area contributed by atoms with Crippen molar-refractivity contribution in [1.82, 2.24) is 0 Å². The van der Waals surface area contributed by atoms with Crippen molar-refractivity contribution in [2.45, 2.75) is 19.9 Å². The minimum absolute atomic E-state index is 0.266. The lowest BCUT2D eigenvalue weighted by Gasteiger charge is -2.13. The van der Waals surface area contributed by atoms with E-state index in [4.69, 9.17) is 32.7 Å². The fourth-order valence-corrected chi connectivity index (χ4v) is 2.68. The van der Waals surface area contributed by atoms with E-state index < -0.39 is 17.7 Å². The number of Topliss-reactive ketones (excluding diaryl/α,β-unsaturated/α-hetero) is 1. The third-order valence-corrected chi connectivity index (χ3v) is 4.57. The van der Waals surface area contributed by atoms with Crippen LogP contribution in [0.2, 0.25) is 10.0 Å². The van der Waals surface area contributed by atoms with E-state index in [1.165, 1.54) is 33.3 Å². The Balaban J connectivity index is 2.25. The topological polar surface area (TPSA) is 89.4 Å². The summed E-state index contributed by atoms with van der Waals surface area (Å²) in [5.41, 5.74) is 1.65. The van der Waals surface area contributed by atoms with E-state index in [0.29, 0.717) is 27.9 Å². The molecule has 2 rings (SSSR count). The van der Waals surface area contributed by atoms with Gasteiger partial charge >= 0.3 is 0 Å². The number of aryl methyl sites for hydroxylation is 1. The zero-order valence-corrected chi connectivity index (χ0v) is 17.3. The average molecular weight is 424 g/mol. The minimum Gasteiger partial charge on any atom is -0.495 e. The zero-order valence-electron chi connectivity index (χ0n) is 15.7. The Hall–Kier alpha value is -2.64. The highest BCUT2D eigenvalue weighted by molar-refractivity contribution is 6.33. The standard InChI is InChI=1S/C19H19Cl2N3O4/c1-10-5-6-12(7-14(10)20)23-24-18(11(2)25)19(26)22-13-8-15(27-3)17(21)16(9-13)28-4/h5-9,18H,1-4H3,(H,22,26). The van der Waals surface area contributed by atoms with Gasteiger partial charge < -0.3 is 14.8 Å². The third kappa shape index (κ3) is 5.21. The molecule has 0 spiro atoms. The Morgan fingerprint density at radius 2 is 1.68 bits per heavy atom. The molecule has 7 nitrogen and oxygen atoms in total. The highest BCUT2D eigenvalue weighted by atomic mass is 35.5. The summed E-state index contributed by atoms with van der Waals surface area (Å²) in [6, 6.07) is 6.76. The predicted octanol–water partition coefficient (Wildman–Crippen LogP) is 5.00. The number of benzene rings is 2. The second-order valence-electron chi connectivity index (χ2n) is 5.85. The van der Waals surface area contributed by atoms with Gasteiger partial charge in [-0.05, 0) is 31.5 Å². The number of nitrogens with zero attached hydrogens (tertiary/aromatic N) is 2. The van der Waals surface area contributed by atoms with Gasteiger partial charge in [0.05, 0.1) is 19.9 Å². The lowest BCUT2D eigenvalue weighted by atomic mass is 10.2. The molecule has 0 saturated heterocycles. The van der Waals surface area contributed by atoms with Crippen molar-refractivity contribution >= 4 is 46.3 Å². The lowest BCUT2D eigenvalue weighted by Crippen LogP contribution is -2.31. The Morgan fingerprint density at radius 3 is 2.18 bits per heavy atom. The first-order valence-corrected chi connectivity index (χ1v) is 8.92. The van der Waals surface area contributed by atoms with E-state index in [2.05, 4.69) is 15.5 Å². The second-order valence-corrected chi connectivity index (χ2v) is 6.63. The van der Waals surface area contributed by atoms with Crippen LogP contribution >= 0.6 is 23.2 Å². The number of carbonyl (C=O) groups excluding carboxylic acids is 2. The molecule has 9 heteroatoms. The van der Waals surface area contributed by atoms with Gasteiger partial charge in [-0.2, -0.15) is 10.2 Å². The molecule has 0 aliphatic carbocycles. The number of amides is 1. The summed E-state index contributed by atoms with van der Waals surface area (Å²) in [6.07, 6.45) is 0. The van der Waals surface area contributed by atoms with Gasteiger partial charge in [0.1, 0.15) is 16.5 Å². The zero-order chi connectivity index (χ0) is 20.8. The first-order chi connectivity index (χ1) is 13.3. The molecule has 0 fully saturated rings. The summed E-state index contributed by atoms with van der Waals surface area (Å²) in [5, 5.41) is 11.2. The Kier molecular flexibility index (Phi) is 7.37. The summed E-state index contributed by atoms with van der Waals surface area (Å²) in [7, 11) is 2.87. The molecule has 1 atom stereocenters. The molecule has 0 aliphatic heterocycles. The SMILES string of the molecule is COc1cc(NC(=O)C(N=Nc2ccc(C)c(Cl)c2)C(C)=O)cc(OC)c1Cl. The molecule has 2 aromatic carbocycles. The highest BCUT2D eigenvalue weighted by Gasteiger charge is 2.24. The maximum absolute atomic E-state index is 12.6. The van der Waals surface area contributed by atoms with E-state index in [-0.39, 0.29) is 5.02 Å². The maximum atomic E-state index is 12.6. The van der Waals surface area contributed by atoms with Gasteiger partial charge in [-0.3, -0.25) is 9.59 Å². The normalized spacial score (nSPS) is 11.9. The average Bonchev–Trinajstić information content (AvgIpc) is 2.65. The van der Waals surface area contributed by atoms with Crippen molar-refractivity contribution in [1.29, 1.82) is 0 Å². The number of nitrogens with one attached hydrogen (secondary N) is 1. The third-order valence-electron chi connectivity index (χ3n) is 3.79. The number of carbonyl (C=O) groups is 2. The number of azo groups is 1. The molecule has 1 N–H and O–H groups in total. The van der Waals surface area contributed by atoms with Gasteiger partial charge in [0.15, 0.2) is 5.78 Å². The van der Waals surface area contributed by atoms with E-state index in [9.17, 15) is 9.59 Å². The van der Waals surface area contributed by atoms with Crippen LogP contribution in [0.1, 0.15) is 12.5 Å². The van der Waals surface area contributed by atoms with Crippen LogP contribution in [-0.2, 0) is 9.59 Å². The summed E-state index contributed by atoms with van der Waals surface area (Å²) in [6.45, 7) is 3.11. The van der Waals surface area contributed by atoms with Crippen LogP contribution in [0.3, 0.4) is 0 Å². The van der Waals surface area contributed by atoms with E-state index in [0.717, 1.165) is 5.56 Å². The van der Waals surface area contributed by atoms with Crippen LogP contribution in [0.5, 0.6) is 11.5 Å². The number of hydrogen-bond donors (Lipinski definition) is 1. The van der Waals surface area contributed by atoms with Gasteiger partial charge in [-0.25, -0.2) is 0 Å². The van der Waals surface area contributed by atoms with Crippen LogP contribution in [0, 0.1) is 6.92 Å². The summed E-state index contributed by atoms with van der Waals surface area (Å²) in [5.74, 6) is -0.494. The number of hydrogen-bond acceptors (Lipinski definition) is 6. The van der Waals surface area contributed by atoms with Gasteiger partial charge in [0, 0.05) is 22.8 Å². The van der Waals surface area contributed by atoms with Crippen molar-refractivity contribution < 1.29 is 19.1 Å². The lowest BCUT2D eigenvalue weighted by molar-refractivity contribution is -0.126. The molecule has 2 aromatic rings. The molecule has 0 bridgehead atoms. The van der Waals surface area contributed by atoms with Crippen molar-refractivity contribution in [3.8, 4) is 11.5 Å². The van der Waals surface area contributed by atoms with E-state index in [1.54, 1.807) is 18.2 Å². The molecular formula is C19H19Cl2N3O4. The fourth-order valence-electron chi connectivity index (χ4n) is 2.24. The summed E-state index contributed by atoms with van der Waals surface area (Å²) >= 11 is 12.2. The van der Waals surface area contributed by atoms with Gasteiger partial charge in [-0.1, -0.05) is 29.3 Å². The summed E-state index contributed by atoms with van der Waals surface area (Å²) in [4.78, 5) is 24.5. The van der Waals surface area contributed by atoms with Crippen molar-refractivity contribution in [2.24, 2.45) is 10.2 Å². The number of halogens is 2. The second kappa shape index (κ2) is 9.52. The maximum Gasteiger partial charge on any atom is 0.258 e. The van der Waals surface area contributed by atoms with Crippen molar-refractivity contribution in [2.75, 3.05) is 19.5 Å².